The van der Waals surface area contributed by atoms with Crippen molar-refractivity contribution in [2.45, 2.75) is 13.8 Å². The monoisotopic (exact) mass is 217 g/mol. The fourth-order valence-electron chi connectivity index (χ4n) is 0.724. The van der Waals surface area contributed by atoms with Crippen LogP contribution in [0.5, 0.6) is 0 Å². The Hall–Kier alpha value is -1.72. The molecule has 1 amide bonds. The molecule has 0 aromatic rings. The summed E-state index contributed by atoms with van der Waals surface area (Å²) >= 11 is 0. The van der Waals surface area contributed by atoms with Crippen molar-refractivity contribution in [3.05, 3.63) is 12.0 Å². The van der Waals surface area contributed by atoms with Crippen LogP contribution in [0.1, 0.15) is 13.8 Å². The summed E-state index contributed by atoms with van der Waals surface area (Å²) in [5.41, 5.74) is 0. The largest absolute Gasteiger partial charge is 0.481 e. The minimum Gasteiger partial charge on any atom is -0.481 e. The number of hydrogen-bond acceptors (Lipinski definition) is 5. The van der Waals surface area contributed by atoms with Crippen LogP contribution < -0.4 is 5.32 Å². The first-order valence-electron chi connectivity index (χ1n) is 4.57. The van der Waals surface area contributed by atoms with Crippen LogP contribution in [0.2, 0.25) is 0 Å². The Morgan fingerprint density at radius 2 is 1.87 bits per heavy atom. The molecule has 86 valence electrons. The van der Waals surface area contributed by atoms with Crippen LogP contribution in [-0.2, 0) is 19.1 Å². The summed E-state index contributed by atoms with van der Waals surface area (Å²) < 4.78 is 9.18. The standard InChI is InChI=1S/C9H15NO5/c1-3-14-8(12)5-7(11)10-6-9(13)15-4-2/h5,12H,3-4,6H2,1-2H3,(H,10,11)/b8-5+. The summed E-state index contributed by atoms with van der Waals surface area (Å²) in [7, 11) is 0. The molecule has 0 aliphatic heterocycles. The van der Waals surface area contributed by atoms with Gasteiger partial charge < -0.3 is 19.9 Å². The molecule has 0 bridgehead atoms. The third-order valence-electron chi connectivity index (χ3n) is 1.26. The van der Waals surface area contributed by atoms with Crippen molar-refractivity contribution in [2.24, 2.45) is 0 Å². The lowest BCUT2D eigenvalue weighted by molar-refractivity contribution is -0.143. The molecule has 0 atom stereocenters. The highest BCUT2D eigenvalue weighted by atomic mass is 16.6. The minimum atomic E-state index is -0.617. The van der Waals surface area contributed by atoms with E-state index >= 15 is 0 Å². The van der Waals surface area contributed by atoms with Gasteiger partial charge in [0, 0.05) is 0 Å². The van der Waals surface area contributed by atoms with Gasteiger partial charge in [0.1, 0.15) is 6.54 Å². The normalized spacial score (nSPS) is 10.7. The van der Waals surface area contributed by atoms with Crippen LogP contribution in [0.4, 0.5) is 0 Å². The molecule has 0 radical (unpaired) electrons. The first-order valence-corrected chi connectivity index (χ1v) is 4.57. The average molecular weight is 217 g/mol. The van der Waals surface area contributed by atoms with Gasteiger partial charge in [-0.1, -0.05) is 0 Å². The smallest absolute Gasteiger partial charge is 0.325 e. The number of ether oxygens (including phenoxy) is 2. The maximum Gasteiger partial charge on any atom is 0.325 e. The zero-order valence-electron chi connectivity index (χ0n) is 8.78. The summed E-state index contributed by atoms with van der Waals surface area (Å²) in [6, 6.07) is 0. The Kier molecular flexibility index (Phi) is 6.78. The molecule has 6 heteroatoms. The van der Waals surface area contributed by atoms with E-state index in [1.165, 1.54) is 0 Å². The van der Waals surface area contributed by atoms with E-state index in [2.05, 4.69) is 14.8 Å². The lowest BCUT2D eigenvalue weighted by atomic mass is 10.5. The molecule has 0 unspecified atom stereocenters. The van der Waals surface area contributed by atoms with Gasteiger partial charge in [0.25, 0.3) is 11.9 Å². The molecular weight excluding hydrogens is 202 g/mol. The fourth-order valence-corrected chi connectivity index (χ4v) is 0.724. The number of aliphatic hydroxyl groups excluding tert-OH is 1. The molecule has 0 saturated carbocycles. The number of nitrogens with one attached hydrogen (secondary N) is 1. The highest BCUT2D eigenvalue weighted by Gasteiger charge is 2.05. The molecule has 0 fully saturated rings. The molecule has 0 aromatic heterocycles. The number of esters is 1. The highest BCUT2D eigenvalue weighted by Crippen LogP contribution is 1.89. The van der Waals surface area contributed by atoms with E-state index in [-0.39, 0.29) is 19.8 Å². The van der Waals surface area contributed by atoms with Gasteiger partial charge in [0.2, 0.25) is 0 Å². The predicted molar refractivity (Wildman–Crippen MR) is 52.0 cm³/mol. The number of rotatable bonds is 6. The number of aliphatic hydroxyl groups is 1. The van der Waals surface area contributed by atoms with Crippen LogP contribution >= 0.6 is 0 Å². The van der Waals surface area contributed by atoms with E-state index in [4.69, 9.17) is 5.11 Å². The zero-order chi connectivity index (χ0) is 11.7. The molecule has 2 N–H and O–H groups in total. The van der Waals surface area contributed by atoms with Crippen LogP contribution in [-0.4, -0.2) is 36.7 Å². The number of carbonyl (C=O) groups excluding carboxylic acids is 2. The van der Waals surface area contributed by atoms with Crippen molar-refractivity contribution < 1.29 is 24.2 Å². The van der Waals surface area contributed by atoms with Crippen LogP contribution in [0.25, 0.3) is 0 Å². The van der Waals surface area contributed by atoms with Gasteiger partial charge in [0.15, 0.2) is 0 Å². The van der Waals surface area contributed by atoms with Gasteiger partial charge in [-0.15, -0.1) is 0 Å². The topological polar surface area (TPSA) is 84.9 Å². The van der Waals surface area contributed by atoms with Crippen molar-refractivity contribution in [1.82, 2.24) is 5.32 Å². The second kappa shape index (κ2) is 7.66. The van der Waals surface area contributed by atoms with Crippen LogP contribution in [0, 0.1) is 0 Å². The molecule has 0 rings (SSSR count). The van der Waals surface area contributed by atoms with Gasteiger partial charge in [0.05, 0.1) is 19.3 Å². The lowest BCUT2D eigenvalue weighted by Crippen LogP contribution is -2.29. The van der Waals surface area contributed by atoms with E-state index in [1.807, 2.05) is 0 Å². The summed E-state index contributed by atoms with van der Waals surface area (Å²) in [6.45, 7) is 3.62. The predicted octanol–water partition coefficient (Wildman–Crippen LogP) is 0.102. The third kappa shape index (κ3) is 7.36. The summed E-state index contributed by atoms with van der Waals surface area (Å²) in [4.78, 5) is 21.8. The second-order valence-electron chi connectivity index (χ2n) is 2.44. The molecule has 0 aliphatic carbocycles. The second-order valence-corrected chi connectivity index (χ2v) is 2.44. The summed E-state index contributed by atoms with van der Waals surface area (Å²) in [5, 5.41) is 11.2. The minimum absolute atomic E-state index is 0.234. The Morgan fingerprint density at radius 3 is 2.40 bits per heavy atom. The molecular formula is C9H15NO5. The molecule has 6 nitrogen and oxygen atoms in total. The first-order chi connectivity index (χ1) is 7.10. The summed E-state index contributed by atoms with van der Waals surface area (Å²) in [5.74, 6) is -1.64. The summed E-state index contributed by atoms with van der Waals surface area (Å²) in [6.07, 6.45) is 0.850. The highest BCUT2D eigenvalue weighted by molar-refractivity contribution is 5.90. The number of hydrogen-bond donors (Lipinski definition) is 2. The van der Waals surface area contributed by atoms with Gasteiger partial charge >= 0.3 is 5.97 Å². The fraction of sp³-hybridized carbons (Fsp3) is 0.556. The molecule has 0 heterocycles. The van der Waals surface area contributed by atoms with Gasteiger partial charge in [-0.2, -0.15) is 0 Å². The number of amides is 1. The van der Waals surface area contributed by atoms with Crippen molar-refractivity contribution >= 4 is 11.9 Å². The van der Waals surface area contributed by atoms with E-state index in [0.717, 1.165) is 6.08 Å². The first kappa shape index (κ1) is 13.3. The molecule has 15 heavy (non-hydrogen) atoms. The quantitative estimate of drug-likeness (QED) is 0.374. The lowest BCUT2D eigenvalue weighted by Gasteiger charge is -2.03. The Bertz CT molecular complexity index is 249. The number of carbonyl (C=O) groups is 2. The maximum atomic E-state index is 11.0. The van der Waals surface area contributed by atoms with E-state index < -0.39 is 17.8 Å². The van der Waals surface area contributed by atoms with Crippen LogP contribution in [0.15, 0.2) is 12.0 Å². The SMILES string of the molecule is CCOC(=O)CNC(=O)/C=C(\O)OCC. The van der Waals surface area contributed by atoms with Crippen molar-refractivity contribution in [1.29, 1.82) is 0 Å². The Morgan fingerprint density at radius 1 is 1.27 bits per heavy atom. The van der Waals surface area contributed by atoms with E-state index in [1.54, 1.807) is 13.8 Å². The van der Waals surface area contributed by atoms with Gasteiger partial charge in [-0.3, -0.25) is 9.59 Å². The van der Waals surface area contributed by atoms with Gasteiger partial charge in [-0.05, 0) is 13.8 Å². The van der Waals surface area contributed by atoms with Crippen LogP contribution in [0.3, 0.4) is 0 Å². The molecule has 0 aromatic carbocycles. The van der Waals surface area contributed by atoms with E-state index in [9.17, 15) is 9.59 Å². The Balaban J connectivity index is 3.84. The van der Waals surface area contributed by atoms with Crippen molar-refractivity contribution in [3.63, 3.8) is 0 Å². The third-order valence-corrected chi connectivity index (χ3v) is 1.26. The molecule has 0 saturated heterocycles. The average Bonchev–Trinajstić information content (AvgIpc) is 2.15. The van der Waals surface area contributed by atoms with Crippen molar-refractivity contribution in [3.8, 4) is 0 Å². The molecule has 0 aliphatic rings. The zero-order valence-corrected chi connectivity index (χ0v) is 8.78. The maximum absolute atomic E-state index is 11.0. The Labute approximate surface area is 87.9 Å². The van der Waals surface area contributed by atoms with Crippen molar-refractivity contribution in [2.75, 3.05) is 19.8 Å². The van der Waals surface area contributed by atoms with E-state index in [0.29, 0.717) is 0 Å². The molecule has 0 spiro atoms. The van der Waals surface area contributed by atoms with Gasteiger partial charge in [-0.25, -0.2) is 0 Å².